The van der Waals surface area contributed by atoms with Crippen LogP contribution < -0.4 is 15.9 Å². The van der Waals surface area contributed by atoms with Crippen molar-refractivity contribution in [2.75, 3.05) is 0 Å². The summed E-state index contributed by atoms with van der Waals surface area (Å²) < 4.78 is 14.8. The summed E-state index contributed by atoms with van der Waals surface area (Å²) in [5.41, 5.74) is 3.92. The normalized spacial score (nSPS) is 11.8. The summed E-state index contributed by atoms with van der Waals surface area (Å²) >= 11 is 0. The molecule has 0 spiro atoms. The van der Waals surface area contributed by atoms with Crippen molar-refractivity contribution in [1.82, 2.24) is 9.97 Å². The fraction of sp³-hybridized carbons (Fsp3) is 0. The molecule has 0 saturated heterocycles. The first kappa shape index (κ1) is 22.6. The van der Waals surface area contributed by atoms with Gasteiger partial charge in [0.15, 0.2) is 7.14 Å². The van der Waals surface area contributed by atoms with Crippen molar-refractivity contribution >= 4 is 55.6 Å². The monoisotopic (exact) mass is 506 g/mol. The van der Waals surface area contributed by atoms with Crippen molar-refractivity contribution in [2.24, 2.45) is 0 Å². The van der Waals surface area contributed by atoms with Gasteiger partial charge in [0.2, 0.25) is 0 Å². The lowest BCUT2D eigenvalue weighted by molar-refractivity contribution is 0.592. The van der Waals surface area contributed by atoms with Crippen LogP contribution in [0.5, 0.6) is 0 Å². The zero-order valence-corrected chi connectivity index (χ0v) is 21.4. The van der Waals surface area contributed by atoms with Crippen LogP contribution in [0.3, 0.4) is 0 Å². The molecule has 0 amide bonds. The van der Waals surface area contributed by atoms with Gasteiger partial charge in [0.25, 0.3) is 0 Å². The summed E-state index contributed by atoms with van der Waals surface area (Å²) in [6.07, 6.45) is 3.77. The molecule has 2 heterocycles. The molecule has 0 unspecified atom stereocenters. The van der Waals surface area contributed by atoms with Crippen LogP contribution in [0.1, 0.15) is 0 Å². The van der Waals surface area contributed by atoms with Gasteiger partial charge in [-0.05, 0) is 23.1 Å². The molecule has 38 heavy (non-hydrogen) atoms. The third-order valence-electron chi connectivity index (χ3n) is 7.22. The Morgan fingerprint density at radius 3 is 1.84 bits per heavy atom. The Kier molecular flexibility index (Phi) is 5.39. The van der Waals surface area contributed by atoms with Crippen LogP contribution in [-0.4, -0.2) is 9.97 Å². The van der Waals surface area contributed by atoms with E-state index >= 15 is 0 Å². The number of aromatic nitrogens is 2. The van der Waals surface area contributed by atoms with E-state index in [0.29, 0.717) is 0 Å². The highest BCUT2D eigenvalue weighted by molar-refractivity contribution is 7.85. The van der Waals surface area contributed by atoms with Gasteiger partial charge in [-0.15, -0.1) is 0 Å². The molecule has 3 nitrogen and oxygen atoms in total. The van der Waals surface area contributed by atoms with Gasteiger partial charge in [-0.2, -0.15) is 0 Å². The molecule has 180 valence electrons. The lowest BCUT2D eigenvalue weighted by Crippen LogP contribution is -2.24. The van der Waals surface area contributed by atoms with E-state index < -0.39 is 7.14 Å². The number of rotatable bonds is 4. The molecule has 0 aliphatic heterocycles. The predicted octanol–water partition coefficient (Wildman–Crippen LogP) is 7.24. The first-order chi connectivity index (χ1) is 18.7. The van der Waals surface area contributed by atoms with E-state index in [1.807, 2.05) is 97.3 Å². The fourth-order valence-corrected chi connectivity index (χ4v) is 8.04. The molecule has 7 aromatic rings. The molecule has 0 saturated carbocycles. The maximum Gasteiger partial charge on any atom is 0.171 e. The summed E-state index contributed by atoms with van der Waals surface area (Å²) in [4.78, 5) is 9.61. The van der Waals surface area contributed by atoms with E-state index in [4.69, 9.17) is 4.98 Å². The number of hydrogen-bond donors (Lipinski definition) is 0. The highest BCUT2D eigenvalue weighted by Crippen LogP contribution is 2.43. The van der Waals surface area contributed by atoms with E-state index in [0.717, 1.165) is 59.6 Å². The second-order valence-electron chi connectivity index (χ2n) is 9.39. The Hall–Kier alpha value is -4.59. The van der Waals surface area contributed by atoms with Gasteiger partial charge < -0.3 is 4.57 Å². The van der Waals surface area contributed by atoms with Gasteiger partial charge in [-0.1, -0.05) is 115 Å². The maximum atomic E-state index is 14.8. The van der Waals surface area contributed by atoms with Gasteiger partial charge >= 0.3 is 0 Å². The van der Waals surface area contributed by atoms with Crippen molar-refractivity contribution < 1.29 is 4.57 Å². The van der Waals surface area contributed by atoms with Gasteiger partial charge in [0.1, 0.15) is 0 Å². The molecule has 2 aromatic heterocycles. The van der Waals surface area contributed by atoms with Crippen LogP contribution in [-0.2, 0) is 4.57 Å². The quantitative estimate of drug-likeness (QED) is 0.144. The summed E-state index contributed by atoms with van der Waals surface area (Å²) in [5.74, 6) is 0. The molecule has 0 fully saturated rings. The average molecular weight is 507 g/mol. The zero-order chi connectivity index (χ0) is 25.5. The van der Waals surface area contributed by atoms with E-state index in [2.05, 4.69) is 47.4 Å². The first-order valence-electron chi connectivity index (χ1n) is 12.6. The first-order valence-corrected chi connectivity index (χ1v) is 14.3. The summed E-state index contributed by atoms with van der Waals surface area (Å²) in [7, 11) is -3.04. The molecule has 0 aliphatic carbocycles. The minimum atomic E-state index is -3.04. The second-order valence-corrected chi connectivity index (χ2v) is 12.2. The Morgan fingerprint density at radius 2 is 1.13 bits per heavy atom. The van der Waals surface area contributed by atoms with E-state index in [9.17, 15) is 4.57 Å². The predicted molar refractivity (Wildman–Crippen MR) is 159 cm³/mol. The van der Waals surface area contributed by atoms with Crippen molar-refractivity contribution in [3.8, 4) is 11.1 Å². The third-order valence-corrected chi connectivity index (χ3v) is 10.3. The second kappa shape index (κ2) is 9.06. The van der Waals surface area contributed by atoms with Crippen molar-refractivity contribution in [3.63, 3.8) is 0 Å². The molecule has 0 bridgehead atoms. The average Bonchev–Trinajstić information content (AvgIpc) is 3.00. The van der Waals surface area contributed by atoms with Gasteiger partial charge in [-0.3, -0.25) is 9.97 Å². The number of nitrogens with zero attached hydrogens (tertiary/aromatic N) is 2. The molecule has 0 N–H and O–H groups in total. The molecule has 7 rings (SSSR count). The standard InChI is InChI=1S/C34H23N2OP/c37-38(26-11-3-1-4-12-26,27-13-5-2-6-14-27)28-19-17-24(18-20-28)33-30-16-9-21-35-32(30)22-31-29-15-8-7-10-25(29)23-36-34(31)33/h1-23H. The van der Waals surface area contributed by atoms with E-state index in [1.165, 1.54) is 0 Å². The Balaban J connectivity index is 1.47. The van der Waals surface area contributed by atoms with Crippen LogP contribution in [0.2, 0.25) is 0 Å². The molecule has 0 radical (unpaired) electrons. The van der Waals surface area contributed by atoms with Gasteiger partial charge in [-0.25, -0.2) is 0 Å². The van der Waals surface area contributed by atoms with E-state index in [-0.39, 0.29) is 0 Å². The maximum absolute atomic E-state index is 14.8. The Bertz CT molecular complexity index is 1940. The third kappa shape index (κ3) is 3.55. The highest BCUT2D eigenvalue weighted by atomic mass is 31.2. The number of fused-ring (bicyclic) bond motifs is 4. The molecular weight excluding hydrogens is 483 g/mol. The molecule has 0 aliphatic rings. The van der Waals surface area contributed by atoms with Crippen molar-refractivity contribution in [1.29, 1.82) is 0 Å². The van der Waals surface area contributed by atoms with Crippen molar-refractivity contribution in [2.45, 2.75) is 0 Å². The van der Waals surface area contributed by atoms with Crippen LogP contribution in [0.15, 0.2) is 140 Å². The Morgan fingerprint density at radius 1 is 0.526 bits per heavy atom. The van der Waals surface area contributed by atoms with Crippen molar-refractivity contribution in [3.05, 3.63) is 140 Å². The summed E-state index contributed by atoms with van der Waals surface area (Å²) in [6.45, 7) is 0. The topological polar surface area (TPSA) is 42.9 Å². The highest BCUT2D eigenvalue weighted by Gasteiger charge is 2.29. The molecule has 0 atom stereocenters. The molecular formula is C34H23N2OP. The Labute approximate surface area is 220 Å². The summed E-state index contributed by atoms with van der Waals surface area (Å²) in [6, 6.07) is 42.2. The number of pyridine rings is 2. The molecule has 4 heteroatoms. The SMILES string of the molecule is O=P(c1ccccc1)(c1ccccc1)c1ccc(-c2c3cccnc3cc3c2ncc2ccccc23)cc1. The number of hydrogen-bond acceptors (Lipinski definition) is 3. The van der Waals surface area contributed by atoms with Crippen LogP contribution in [0, 0.1) is 0 Å². The molecule has 5 aromatic carbocycles. The van der Waals surface area contributed by atoms with Crippen LogP contribution >= 0.6 is 7.14 Å². The minimum absolute atomic E-state index is 0.805. The smallest absolute Gasteiger partial charge is 0.171 e. The van der Waals surface area contributed by atoms with Crippen LogP contribution in [0.25, 0.3) is 43.7 Å². The largest absolute Gasteiger partial charge is 0.309 e. The lowest BCUT2D eigenvalue weighted by Gasteiger charge is -2.20. The van der Waals surface area contributed by atoms with Gasteiger partial charge in [0.05, 0.1) is 11.0 Å². The lowest BCUT2D eigenvalue weighted by atomic mass is 9.95. The number of benzene rings is 5. The van der Waals surface area contributed by atoms with E-state index in [1.54, 1.807) is 0 Å². The minimum Gasteiger partial charge on any atom is -0.309 e. The summed E-state index contributed by atoms with van der Waals surface area (Å²) in [5, 5.41) is 6.83. The van der Waals surface area contributed by atoms with Crippen LogP contribution in [0.4, 0.5) is 0 Å². The van der Waals surface area contributed by atoms with Gasteiger partial charge in [0, 0.05) is 50.0 Å². The zero-order valence-electron chi connectivity index (χ0n) is 20.5. The fourth-order valence-electron chi connectivity index (χ4n) is 5.39.